The van der Waals surface area contributed by atoms with E-state index in [-0.39, 0.29) is 5.56 Å². The monoisotopic (exact) mass is 396 g/mol. The highest BCUT2D eigenvalue weighted by Gasteiger charge is 2.17. The predicted octanol–water partition coefficient (Wildman–Crippen LogP) is 4.56. The summed E-state index contributed by atoms with van der Waals surface area (Å²) in [4.78, 5) is 14.8. The van der Waals surface area contributed by atoms with Crippen molar-refractivity contribution in [2.24, 2.45) is 0 Å². The quantitative estimate of drug-likeness (QED) is 0.590. The number of aromatic nitrogens is 1. The molecule has 0 N–H and O–H groups in total. The molecule has 0 unspecified atom stereocenters. The molecule has 2 aromatic carbocycles. The fraction of sp³-hybridized carbons (Fsp3) is 0.286. The van der Waals surface area contributed by atoms with Gasteiger partial charge >= 0.3 is 0 Å². The lowest BCUT2D eigenvalue weighted by Crippen LogP contribution is -2.21. The summed E-state index contributed by atoms with van der Waals surface area (Å²) < 4.78 is 2.94. The van der Waals surface area contributed by atoms with Crippen molar-refractivity contribution in [1.29, 1.82) is 0 Å². The van der Waals surface area contributed by atoms with Crippen LogP contribution in [0.1, 0.15) is 24.0 Å². The molecule has 0 radical (unpaired) electrons. The normalized spacial score (nSPS) is 14.1. The summed E-state index contributed by atoms with van der Waals surface area (Å²) in [6.45, 7) is 3.97. The van der Waals surface area contributed by atoms with Crippen molar-refractivity contribution in [3.63, 3.8) is 0 Å². The van der Waals surface area contributed by atoms with Crippen LogP contribution in [0.2, 0.25) is 0 Å². The van der Waals surface area contributed by atoms with E-state index in [1.54, 1.807) is 6.07 Å². The Morgan fingerprint density at radius 3 is 2.36 bits per heavy atom. The number of rotatable bonds is 5. The molecular weight excluding hydrogens is 376 g/mol. The van der Waals surface area contributed by atoms with Crippen LogP contribution in [0.3, 0.4) is 0 Å². The summed E-state index contributed by atoms with van der Waals surface area (Å²) in [6.07, 6.45) is 2.12. The maximum Gasteiger partial charge on any atom is 0.251 e. The Labute approximate surface area is 156 Å². The topological polar surface area (TPSA) is 25.2 Å². The van der Waals surface area contributed by atoms with Gasteiger partial charge in [-0.3, -0.25) is 9.69 Å². The highest BCUT2D eigenvalue weighted by atomic mass is 79.9. The Balaban J connectivity index is 1.37. The van der Waals surface area contributed by atoms with E-state index >= 15 is 0 Å². The number of nitrogens with zero attached hydrogens (tertiary/aromatic N) is 2. The van der Waals surface area contributed by atoms with E-state index < -0.39 is 0 Å². The van der Waals surface area contributed by atoms with Gasteiger partial charge in [0.25, 0.3) is 5.56 Å². The van der Waals surface area contributed by atoms with Crippen LogP contribution in [0, 0.1) is 0 Å². The van der Waals surface area contributed by atoms with Crippen LogP contribution in [-0.4, -0.2) is 16.0 Å². The maximum atomic E-state index is 12.3. The van der Waals surface area contributed by atoms with Crippen molar-refractivity contribution >= 4 is 26.8 Å². The van der Waals surface area contributed by atoms with E-state index in [2.05, 4.69) is 51.2 Å². The smallest absolute Gasteiger partial charge is 0.251 e. The van der Waals surface area contributed by atoms with Gasteiger partial charge in [-0.15, -0.1) is 0 Å². The standard InChI is InChI=1S/C21H21BrN2O/c22-19-8-9-20-16(13-19)7-10-21(25)24(20)12-4-3-11-23-14-17-5-1-2-6-18(17)15-23/h1-2,5-10,13H,3-4,11-12,14-15H2. The van der Waals surface area contributed by atoms with Crippen LogP contribution in [0.25, 0.3) is 10.9 Å². The summed E-state index contributed by atoms with van der Waals surface area (Å²) in [5.41, 5.74) is 4.02. The van der Waals surface area contributed by atoms with Crippen LogP contribution >= 0.6 is 15.9 Å². The van der Waals surface area contributed by atoms with Crippen LogP contribution in [0.4, 0.5) is 0 Å². The first kappa shape index (κ1) is 16.6. The van der Waals surface area contributed by atoms with E-state index in [0.29, 0.717) is 0 Å². The van der Waals surface area contributed by atoms with Gasteiger partial charge in [-0.2, -0.15) is 0 Å². The van der Waals surface area contributed by atoms with Crippen LogP contribution in [0.5, 0.6) is 0 Å². The van der Waals surface area contributed by atoms with Gasteiger partial charge in [0.05, 0.1) is 5.52 Å². The van der Waals surface area contributed by atoms with Crippen molar-refractivity contribution in [1.82, 2.24) is 9.47 Å². The predicted molar refractivity (Wildman–Crippen MR) is 106 cm³/mol. The van der Waals surface area contributed by atoms with Crippen molar-refractivity contribution in [2.45, 2.75) is 32.5 Å². The molecule has 25 heavy (non-hydrogen) atoms. The molecular formula is C21H21BrN2O. The number of hydrogen-bond acceptors (Lipinski definition) is 2. The molecule has 1 aliphatic heterocycles. The van der Waals surface area contributed by atoms with Crippen LogP contribution < -0.4 is 5.56 Å². The molecule has 128 valence electrons. The number of halogens is 1. The highest BCUT2D eigenvalue weighted by molar-refractivity contribution is 9.10. The largest absolute Gasteiger partial charge is 0.308 e. The van der Waals surface area contributed by atoms with Crippen molar-refractivity contribution < 1.29 is 0 Å². The lowest BCUT2D eigenvalue weighted by molar-refractivity contribution is 0.275. The average Bonchev–Trinajstić information content (AvgIpc) is 3.03. The number of benzene rings is 2. The molecule has 0 bridgehead atoms. The Morgan fingerprint density at radius 1 is 0.880 bits per heavy atom. The molecule has 1 aliphatic rings. The van der Waals surface area contributed by atoms with Gasteiger partial charge in [0.2, 0.25) is 0 Å². The van der Waals surface area contributed by atoms with Crippen LogP contribution in [-0.2, 0) is 19.6 Å². The zero-order valence-electron chi connectivity index (χ0n) is 14.1. The molecule has 4 rings (SSSR count). The van der Waals surface area contributed by atoms with Gasteiger partial charge in [0.15, 0.2) is 0 Å². The van der Waals surface area contributed by atoms with E-state index in [0.717, 1.165) is 54.4 Å². The van der Waals surface area contributed by atoms with E-state index in [9.17, 15) is 4.79 Å². The van der Waals surface area contributed by atoms with E-state index in [1.807, 2.05) is 22.8 Å². The first-order valence-electron chi connectivity index (χ1n) is 8.79. The third-order valence-corrected chi connectivity index (χ3v) is 5.46. The van der Waals surface area contributed by atoms with Gasteiger partial charge in [-0.1, -0.05) is 40.2 Å². The highest BCUT2D eigenvalue weighted by Crippen LogP contribution is 2.22. The molecule has 0 spiro atoms. The van der Waals surface area contributed by atoms with E-state index in [1.165, 1.54) is 11.1 Å². The molecule has 0 saturated carbocycles. The number of hydrogen-bond donors (Lipinski definition) is 0. The minimum Gasteiger partial charge on any atom is -0.308 e. The number of pyridine rings is 1. The van der Waals surface area contributed by atoms with Gasteiger partial charge in [-0.25, -0.2) is 0 Å². The Bertz CT molecular complexity index is 939. The summed E-state index contributed by atoms with van der Waals surface area (Å²) in [5, 5.41) is 1.10. The SMILES string of the molecule is O=c1ccc2cc(Br)ccc2n1CCCCN1Cc2ccccc2C1. The maximum absolute atomic E-state index is 12.3. The lowest BCUT2D eigenvalue weighted by Gasteiger charge is -2.15. The molecule has 1 aromatic heterocycles. The second-order valence-electron chi connectivity index (χ2n) is 6.71. The second-order valence-corrected chi connectivity index (χ2v) is 7.63. The second kappa shape index (κ2) is 7.14. The third-order valence-electron chi connectivity index (χ3n) is 4.96. The van der Waals surface area contributed by atoms with Gasteiger partial charge in [0.1, 0.15) is 0 Å². The molecule has 0 atom stereocenters. The number of unbranched alkanes of at least 4 members (excludes halogenated alkanes) is 1. The summed E-state index contributed by atoms with van der Waals surface area (Å²) >= 11 is 3.50. The first-order chi connectivity index (χ1) is 12.2. The fourth-order valence-corrected chi connectivity index (χ4v) is 4.05. The average molecular weight is 397 g/mol. The van der Waals surface area contributed by atoms with Crippen LogP contribution in [0.15, 0.2) is 63.9 Å². The summed E-state index contributed by atoms with van der Waals surface area (Å²) in [5.74, 6) is 0. The van der Waals surface area contributed by atoms with Crippen molar-refractivity contribution in [3.8, 4) is 0 Å². The van der Waals surface area contributed by atoms with Gasteiger partial charge < -0.3 is 4.57 Å². The third kappa shape index (κ3) is 3.55. The first-order valence-corrected chi connectivity index (χ1v) is 9.58. The molecule has 0 aliphatic carbocycles. The molecule has 3 aromatic rings. The van der Waals surface area contributed by atoms with Crippen molar-refractivity contribution in [2.75, 3.05) is 6.54 Å². The number of aryl methyl sites for hydroxylation is 1. The Kier molecular flexibility index (Phi) is 4.73. The van der Waals surface area contributed by atoms with Gasteiger partial charge in [-0.05, 0) is 60.2 Å². The van der Waals surface area contributed by atoms with E-state index in [4.69, 9.17) is 0 Å². The Hall–Kier alpha value is -1.91. The zero-order chi connectivity index (χ0) is 17.2. The fourth-order valence-electron chi connectivity index (χ4n) is 3.67. The minimum atomic E-state index is 0.0865. The lowest BCUT2D eigenvalue weighted by atomic mass is 10.1. The molecule has 2 heterocycles. The number of fused-ring (bicyclic) bond motifs is 2. The zero-order valence-corrected chi connectivity index (χ0v) is 15.7. The van der Waals surface area contributed by atoms with Gasteiger partial charge in [0, 0.05) is 30.2 Å². The molecule has 0 amide bonds. The molecule has 0 fully saturated rings. The summed E-state index contributed by atoms with van der Waals surface area (Å²) in [6, 6.07) is 18.4. The Morgan fingerprint density at radius 2 is 1.60 bits per heavy atom. The minimum absolute atomic E-state index is 0.0865. The molecule has 4 heteroatoms. The molecule has 0 saturated heterocycles. The summed E-state index contributed by atoms with van der Waals surface area (Å²) in [7, 11) is 0. The van der Waals surface area contributed by atoms with Crippen molar-refractivity contribution in [3.05, 3.63) is 80.6 Å². The molecule has 3 nitrogen and oxygen atoms in total.